The van der Waals surface area contributed by atoms with Gasteiger partial charge in [0.2, 0.25) is 11.9 Å². The molecule has 2 aliphatic rings. The molecular formula is C47H39N9O3. The van der Waals surface area contributed by atoms with Crippen LogP contribution in [0.1, 0.15) is 76.7 Å². The third kappa shape index (κ3) is 6.54. The van der Waals surface area contributed by atoms with E-state index >= 15 is 0 Å². The van der Waals surface area contributed by atoms with Crippen molar-refractivity contribution < 1.29 is 14.1 Å². The molecule has 10 rings (SSSR count). The van der Waals surface area contributed by atoms with E-state index in [1.165, 1.54) is 0 Å². The average Bonchev–Trinajstić information content (AvgIpc) is 3.95. The minimum Gasteiger partial charge on any atom is -0.368 e. The zero-order valence-electron chi connectivity index (χ0n) is 33.2. The summed E-state index contributed by atoms with van der Waals surface area (Å²) in [7, 11) is 1.89. The first-order valence-electron chi connectivity index (χ1n) is 19.2. The smallest absolute Gasteiger partial charge is 0.221 e. The van der Waals surface area contributed by atoms with Crippen LogP contribution in [0.3, 0.4) is 0 Å². The fraction of sp³-hybridized carbons (Fsp3) is 0.149. The Morgan fingerprint density at radius 2 is 1.07 bits per heavy atom. The van der Waals surface area contributed by atoms with Gasteiger partial charge in [-0.25, -0.2) is 19.9 Å². The zero-order valence-corrected chi connectivity index (χ0v) is 33.2. The van der Waals surface area contributed by atoms with Crippen LogP contribution >= 0.6 is 0 Å². The number of hydrogen-bond acceptors (Lipinski definition) is 11. The zero-order chi connectivity index (χ0) is 41.1. The van der Waals surface area contributed by atoms with Crippen molar-refractivity contribution in [3.8, 4) is 45.0 Å². The van der Waals surface area contributed by atoms with E-state index in [2.05, 4.69) is 30.2 Å². The maximum atomic E-state index is 13.4. The van der Waals surface area contributed by atoms with Crippen LogP contribution in [0.25, 0.3) is 45.0 Å². The SMILES string of the molecule is Cc1ccc(-c2nc(N)nc3c2C(=O)c2cccc(Cc4c(C)noc4C)c2-3)cc1.Cc1ccc(-c2nc(N)nc3c2C(=O)c2cccc(Cc4cnn(C)c4)c2-3)cc1. The summed E-state index contributed by atoms with van der Waals surface area (Å²) in [6.07, 6.45) is 5.07. The Balaban J connectivity index is 0.000000152. The molecule has 4 N–H and O–H groups in total. The quantitative estimate of drug-likeness (QED) is 0.167. The standard InChI is InChI=1S/C24H20N4O2.C23H19N5O/c1-12-7-9-15(10-8-12)21-20-22(27-24(25)26-21)19-16(5-4-6-17(19)23(20)29)11-18-13(2)28-30-14(18)3;1-13-6-8-15(9-7-13)20-19-21(27-23(24)26-20)18-16(4-3-5-17(18)22(19)29)10-14-11-25-28(2)12-14/h4-10H,11H2,1-3H3,(H2,25,26,27);3-9,11-12H,10H2,1-2H3,(H2,24,26,27). The molecule has 4 heterocycles. The van der Waals surface area contributed by atoms with Gasteiger partial charge in [0.1, 0.15) is 5.76 Å². The molecule has 12 nitrogen and oxygen atoms in total. The van der Waals surface area contributed by atoms with Gasteiger partial charge in [-0.3, -0.25) is 14.3 Å². The van der Waals surface area contributed by atoms with Gasteiger partial charge in [-0.2, -0.15) is 5.10 Å². The lowest BCUT2D eigenvalue weighted by molar-refractivity contribution is 0.103. The van der Waals surface area contributed by atoms with Crippen molar-refractivity contribution in [2.75, 3.05) is 11.5 Å². The van der Waals surface area contributed by atoms with Crippen molar-refractivity contribution in [1.82, 2.24) is 34.9 Å². The van der Waals surface area contributed by atoms with E-state index in [4.69, 9.17) is 16.0 Å². The van der Waals surface area contributed by atoms with Gasteiger partial charge in [0.05, 0.1) is 45.8 Å². The Kier molecular flexibility index (Phi) is 9.04. The number of nitrogen functional groups attached to an aromatic ring is 2. The summed E-state index contributed by atoms with van der Waals surface area (Å²) in [5.41, 5.74) is 27.4. The highest BCUT2D eigenvalue weighted by atomic mass is 16.5. The minimum atomic E-state index is -0.0730. The van der Waals surface area contributed by atoms with E-state index in [1.54, 1.807) is 4.68 Å². The van der Waals surface area contributed by atoms with Gasteiger partial charge in [-0.05, 0) is 44.4 Å². The van der Waals surface area contributed by atoms with E-state index in [-0.39, 0.29) is 23.5 Å². The second-order valence-electron chi connectivity index (χ2n) is 15.1. The summed E-state index contributed by atoms with van der Waals surface area (Å²) >= 11 is 0. The number of hydrogen-bond donors (Lipinski definition) is 2. The molecule has 290 valence electrons. The molecule has 0 fully saturated rings. The van der Waals surface area contributed by atoms with Crippen molar-refractivity contribution in [2.24, 2.45) is 7.05 Å². The van der Waals surface area contributed by atoms with Gasteiger partial charge in [0, 0.05) is 65.0 Å². The van der Waals surface area contributed by atoms with Crippen molar-refractivity contribution in [1.29, 1.82) is 0 Å². The van der Waals surface area contributed by atoms with Crippen LogP contribution < -0.4 is 11.5 Å². The van der Waals surface area contributed by atoms with Crippen LogP contribution in [0, 0.1) is 27.7 Å². The first kappa shape index (κ1) is 37.0. The van der Waals surface area contributed by atoms with Crippen LogP contribution in [-0.2, 0) is 19.9 Å². The van der Waals surface area contributed by atoms with Crippen LogP contribution in [0.2, 0.25) is 0 Å². The topological polar surface area (TPSA) is 182 Å². The predicted octanol–water partition coefficient (Wildman–Crippen LogP) is 8.01. The van der Waals surface area contributed by atoms with E-state index in [1.807, 2.05) is 132 Å². The van der Waals surface area contributed by atoms with E-state index < -0.39 is 0 Å². The Labute approximate surface area is 340 Å². The maximum absolute atomic E-state index is 13.4. The van der Waals surface area contributed by atoms with E-state index in [0.717, 1.165) is 67.1 Å². The minimum absolute atomic E-state index is 0.0568. The maximum Gasteiger partial charge on any atom is 0.221 e. The number of carbonyl (C=O) groups is 2. The molecule has 0 amide bonds. The molecule has 0 saturated heterocycles. The highest BCUT2D eigenvalue weighted by Gasteiger charge is 2.36. The number of benzene rings is 4. The molecule has 0 spiro atoms. The Bertz CT molecular complexity index is 2980. The normalized spacial score (nSPS) is 12.2. The first-order valence-corrected chi connectivity index (χ1v) is 19.2. The number of anilines is 2. The second-order valence-corrected chi connectivity index (χ2v) is 15.1. The molecule has 4 aromatic heterocycles. The van der Waals surface area contributed by atoms with Crippen molar-refractivity contribution in [3.05, 3.63) is 164 Å². The summed E-state index contributed by atoms with van der Waals surface area (Å²) in [5.74, 6) is 0.959. The number of aryl methyl sites for hydroxylation is 5. The van der Waals surface area contributed by atoms with Gasteiger partial charge in [0.15, 0.2) is 11.6 Å². The summed E-state index contributed by atoms with van der Waals surface area (Å²) in [4.78, 5) is 44.6. The summed E-state index contributed by atoms with van der Waals surface area (Å²) in [5, 5.41) is 8.30. The number of carbonyl (C=O) groups excluding carboxylic acids is 2. The molecule has 59 heavy (non-hydrogen) atoms. The molecule has 2 aliphatic carbocycles. The van der Waals surface area contributed by atoms with E-state index in [9.17, 15) is 9.59 Å². The van der Waals surface area contributed by atoms with Gasteiger partial charge in [-0.15, -0.1) is 0 Å². The summed E-state index contributed by atoms with van der Waals surface area (Å²) in [6, 6.07) is 27.4. The number of nitrogens with two attached hydrogens (primary N) is 2. The van der Waals surface area contributed by atoms with Crippen molar-refractivity contribution >= 4 is 23.5 Å². The van der Waals surface area contributed by atoms with Gasteiger partial charge >= 0.3 is 0 Å². The number of ketones is 2. The largest absolute Gasteiger partial charge is 0.368 e. The number of fused-ring (bicyclic) bond motifs is 6. The molecule has 0 bridgehead atoms. The molecular weight excluding hydrogens is 739 g/mol. The molecule has 0 unspecified atom stereocenters. The fourth-order valence-electron chi connectivity index (χ4n) is 8.02. The van der Waals surface area contributed by atoms with Crippen LogP contribution in [0.5, 0.6) is 0 Å². The Hall–Kier alpha value is -7.60. The van der Waals surface area contributed by atoms with Gasteiger partial charge in [0.25, 0.3) is 0 Å². The number of nitrogens with zero attached hydrogens (tertiary/aromatic N) is 7. The number of rotatable bonds is 6. The first-order chi connectivity index (χ1) is 28.4. The molecule has 0 radical (unpaired) electrons. The third-order valence-electron chi connectivity index (χ3n) is 10.9. The molecule has 0 atom stereocenters. The lowest BCUT2D eigenvalue weighted by Crippen LogP contribution is -2.05. The molecule has 0 saturated carbocycles. The van der Waals surface area contributed by atoms with Gasteiger partial charge in [-0.1, -0.05) is 101 Å². The van der Waals surface area contributed by atoms with Crippen molar-refractivity contribution in [2.45, 2.75) is 40.5 Å². The fourth-order valence-corrected chi connectivity index (χ4v) is 8.02. The molecule has 0 aliphatic heterocycles. The summed E-state index contributed by atoms with van der Waals surface area (Å²) < 4.78 is 7.09. The summed E-state index contributed by atoms with van der Waals surface area (Å²) in [6.45, 7) is 7.86. The molecule has 12 heteroatoms. The van der Waals surface area contributed by atoms with Crippen LogP contribution in [0.15, 0.2) is 102 Å². The van der Waals surface area contributed by atoms with Crippen molar-refractivity contribution in [3.63, 3.8) is 0 Å². The highest BCUT2D eigenvalue weighted by Crippen LogP contribution is 2.44. The predicted molar refractivity (Wildman–Crippen MR) is 226 cm³/mol. The molecule has 4 aromatic carbocycles. The highest BCUT2D eigenvalue weighted by molar-refractivity contribution is 6.25. The monoisotopic (exact) mass is 777 g/mol. The lowest BCUT2D eigenvalue weighted by atomic mass is 9.95. The third-order valence-corrected chi connectivity index (χ3v) is 10.9. The lowest BCUT2D eigenvalue weighted by Gasteiger charge is -2.10. The van der Waals surface area contributed by atoms with Gasteiger partial charge < -0.3 is 16.0 Å². The number of aromatic nitrogens is 7. The van der Waals surface area contributed by atoms with E-state index in [0.29, 0.717) is 57.9 Å². The molecule has 8 aromatic rings. The Morgan fingerprint density at radius 1 is 0.593 bits per heavy atom. The second kappa shape index (κ2) is 14.4. The Morgan fingerprint density at radius 3 is 1.51 bits per heavy atom. The van der Waals surface area contributed by atoms with Crippen LogP contribution in [0.4, 0.5) is 11.9 Å². The average molecular weight is 778 g/mol. The van der Waals surface area contributed by atoms with Crippen LogP contribution in [-0.4, -0.2) is 46.4 Å².